The van der Waals surface area contributed by atoms with Gasteiger partial charge in [-0.3, -0.25) is 14.6 Å². The van der Waals surface area contributed by atoms with E-state index < -0.39 is 7.37 Å². The third-order valence-corrected chi connectivity index (χ3v) is 6.94. The summed E-state index contributed by atoms with van der Waals surface area (Å²) in [5, 5.41) is 2.53. The summed E-state index contributed by atoms with van der Waals surface area (Å²) in [7, 11) is -2.65. The molecule has 4 rings (SSSR count). The van der Waals surface area contributed by atoms with Gasteiger partial charge in [0.2, 0.25) is 7.37 Å². The molecule has 2 aromatic heterocycles. The Morgan fingerprint density at radius 3 is 2.58 bits per heavy atom. The van der Waals surface area contributed by atoms with Crippen molar-refractivity contribution >= 4 is 29.9 Å². The van der Waals surface area contributed by atoms with E-state index >= 15 is 0 Å². The Bertz CT molecular complexity index is 1310. The van der Waals surface area contributed by atoms with Gasteiger partial charge < -0.3 is 10.3 Å². The summed E-state index contributed by atoms with van der Waals surface area (Å²) >= 11 is 0. The number of anilines is 2. The van der Waals surface area contributed by atoms with Crippen LogP contribution in [-0.4, -0.2) is 28.2 Å². The number of rotatable bonds is 8. The maximum Gasteiger partial charge on any atom is 0.204 e. The largest absolute Gasteiger partial charge is 0.381 e. The van der Waals surface area contributed by atoms with E-state index in [0.29, 0.717) is 30.8 Å². The van der Waals surface area contributed by atoms with E-state index in [9.17, 15) is 4.57 Å². The van der Waals surface area contributed by atoms with Crippen molar-refractivity contribution in [2.75, 3.05) is 24.0 Å². The maximum atomic E-state index is 12.4. The summed E-state index contributed by atoms with van der Waals surface area (Å²) in [4.78, 5) is 13.3. The molecule has 0 fully saturated rings. The Kier molecular flexibility index (Phi) is 6.70. The zero-order valence-electron chi connectivity index (χ0n) is 18.7. The number of hydrazine groups is 1. The van der Waals surface area contributed by atoms with E-state index in [1.807, 2.05) is 61.5 Å². The van der Waals surface area contributed by atoms with E-state index in [-0.39, 0.29) is 5.82 Å². The van der Waals surface area contributed by atoms with Gasteiger partial charge in [0, 0.05) is 30.0 Å². The van der Waals surface area contributed by atoms with Gasteiger partial charge >= 0.3 is 0 Å². The third-order valence-electron chi connectivity index (χ3n) is 5.20. The molecule has 0 aliphatic carbocycles. The topological polar surface area (TPSA) is 120 Å². The van der Waals surface area contributed by atoms with Crippen LogP contribution in [0.25, 0.3) is 22.2 Å². The van der Waals surface area contributed by atoms with Gasteiger partial charge in [0.1, 0.15) is 0 Å². The summed E-state index contributed by atoms with van der Waals surface area (Å²) in [6.07, 6.45) is 3.78. The standard InChI is InChI=1S/C24H27N6O2P/c1-3-32-33(2,31)16-17-6-9-19(10-7-17)22-14-28-23(25)24(29-22)30(26)15-18-8-11-21-20(13-18)5-4-12-27-21/h4-14H,3,15-16,26H2,1-2H3,(H2,25,28). The van der Waals surface area contributed by atoms with Crippen LogP contribution in [0.5, 0.6) is 0 Å². The summed E-state index contributed by atoms with van der Waals surface area (Å²) in [5.74, 6) is 6.99. The monoisotopic (exact) mass is 462 g/mol. The summed E-state index contributed by atoms with van der Waals surface area (Å²) < 4.78 is 17.8. The highest BCUT2D eigenvalue weighted by Crippen LogP contribution is 2.46. The fourth-order valence-electron chi connectivity index (χ4n) is 3.67. The highest BCUT2D eigenvalue weighted by atomic mass is 31.2. The number of fused-ring (bicyclic) bond motifs is 1. The van der Waals surface area contributed by atoms with E-state index in [1.165, 1.54) is 5.01 Å². The van der Waals surface area contributed by atoms with E-state index in [4.69, 9.17) is 16.1 Å². The molecule has 0 amide bonds. The smallest absolute Gasteiger partial charge is 0.204 e. The van der Waals surface area contributed by atoms with E-state index in [1.54, 1.807) is 19.1 Å². The molecular weight excluding hydrogens is 435 g/mol. The number of pyridine rings is 1. The minimum absolute atomic E-state index is 0.254. The van der Waals surface area contributed by atoms with Crippen LogP contribution < -0.4 is 16.6 Å². The first-order valence-corrected chi connectivity index (χ1v) is 12.9. The van der Waals surface area contributed by atoms with Crippen molar-refractivity contribution in [2.45, 2.75) is 19.6 Å². The number of nitrogen functional groups attached to an aromatic ring is 1. The second kappa shape index (κ2) is 9.67. The normalized spacial score (nSPS) is 13.1. The quantitative estimate of drug-likeness (QED) is 0.221. The lowest BCUT2D eigenvalue weighted by Crippen LogP contribution is -2.32. The van der Waals surface area contributed by atoms with Crippen molar-refractivity contribution in [1.82, 2.24) is 15.0 Å². The lowest BCUT2D eigenvalue weighted by atomic mass is 10.1. The number of aromatic nitrogens is 3. The second-order valence-electron chi connectivity index (χ2n) is 7.91. The Morgan fingerprint density at radius 2 is 1.82 bits per heavy atom. The molecule has 4 aromatic rings. The summed E-state index contributed by atoms with van der Waals surface area (Å²) in [6, 6.07) is 17.6. The first kappa shape index (κ1) is 22.9. The average Bonchev–Trinajstić information content (AvgIpc) is 2.79. The van der Waals surface area contributed by atoms with Crippen molar-refractivity contribution in [3.8, 4) is 11.3 Å². The predicted octanol–water partition coefficient (Wildman–Crippen LogP) is 4.60. The van der Waals surface area contributed by atoms with Crippen LogP contribution in [0.4, 0.5) is 11.6 Å². The van der Waals surface area contributed by atoms with Gasteiger partial charge in [-0.2, -0.15) is 0 Å². The molecule has 2 aromatic carbocycles. The van der Waals surface area contributed by atoms with E-state index in [0.717, 1.165) is 27.6 Å². The minimum Gasteiger partial charge on any atom is -0.381 e. The van der Waals surface area contributed by atoms with Gasteiger partial charge in [-0.15, -0.1) is 0 Å². The van der Waals surface area contributed by atoms with E-state index in [2.05, 4.69) is 15.0 Å². The lowest BCUT2D eigenvalue weighted by Gasteiger charge is -2.20. The summed E-state index contributed by atoms with van der Waals surface area (Å²) in [5.41, 5.74) is 10.5. The Balaban J connectivity index is 1.53. The third kappa shape index (κ3) is 5.54. The minimum atomic E-state index is -2.65. The molecule has 0 aliphatic heterocycles. The molecule has 170 valence electrons. The molecule has 0 saturated carbocycles. The van der Waals surface area contributed by atoms with Gasteiger partial charge in [-0.05, 0) is 36.2 Å². The van der Waals surface area contributed by atoms with Crippen molar-refractivity contribution in [3.63, 3.8) is 0 Å². The number of hydrogen-bond donors (Lipinski definition) is 2. The van der Waals surface area contributed by atoms with Gasteiger partial charge in [0.15, 0.2) is 11.6 Å². The molecule has 8 nitrogen and oxygen atoms in total. The number of nitrogens with two attached hydrogens (primary N) is 2. The second-order valence-corrected chi connectivity index (χ2v) is 10.5. The molecule has 4 N–H and O–H groups in total. The lowest BCUT2D eigenvalue weighted by molar-refractivity contribution is 0.336. The first-order valence-electron chi connectivity index (χ1n) is 10.6. The van der Waals surface area contributed by atoms with Gasteiger partial charge in [-0.25, -0.2) is 15.8 Å². The molecule has 0 spiro atoms. The number of benzene rings is 2. The van der Waals surface area contributed by atoms with Gasteiger partial charge in [0.05, 0.1) is 30.6 Å². The molecular formula is C24H27N6O2P. The van der Waals surface area contributed by atoms with Crippen LogP contribution in [0.3, 0.4) is 0 Å². The van der Waals surface area contributed by atoms with Crippen molar-refractivity contribution in [3.05, 3.63) is 78.1 Å². The van der Waals surface area contributed by atoms with Crippen molar-refractivity contribution in [2.24, 2.45) is 5.84 Å². The molecule has 33 heavy (non-hydrogen) atoms. The summed E-state index contributed by atoms with van der Waals surface area (Å²) in [6.45, 7) is 4.34. The molecule has 0 radical (unpaired) electrons. The molecule has 0 saturated heterocycles. The molecule has 0 bridgehead atoms. The maximum absolute atomic E-state index is 12.4. The van der Waals surface area contributed by atoms with Gasteiger partial charge in [0.25, 0.3) is 0 Å². The van der Waals surface area contributed by atoms with Crippen LogP contribution >= 0.6 is 7.37 Å². The molecule has 0 aliphatic rings. The Labute approximate surface area is 193 Å². The number of hydrogen-bond acceptors (Lipinski definition) is 8. The Morgan fingerprint density at radius 1 is 1.06 bits per heavy atom. The van der Waals surface area contributed by atoms with Crippen LogP contribution in [0.15, 0.2) is 67.0 Å². The predicted molar refractivity (Wildman–Crippen MR) is 133 cm³/mol. The molecule has 1 atom stereocenters. The first-order chi connectivity index (χ1) is 15.8. The average molecular weight is 462 g/mol. The fourth-order valence-corrected chi connectivity index (χ4v) is 5.18. The SMILES string of the molecule is CCOP(C)(=O)Cc1ccc(-c2cnc(N)c(N(N)Cc3ccc4ncccc4c3)n2)cc1. The molecule has 1 unspecified atom stereocenters. The van der Waals surface area contributed by atoms with Crippen LogP contribution in [0.2, 0.25) is 0 Å². The van der Waals surface area contributed by atoms with Crippen molar-refractivity contribution in [1.29, 1.82) is 0 Å². The zero-order valence-corrected chi connectivity index (χ0v) is 19.6. The van der Waals surface area contributed by atoms with Crippen molar-refractivity contribution < 1.29 is 9.09 Å². The van der Waals surface area contributed by atoms with Gasteiger partial charge in [-0.1, -0.05) is 36.4 Å². The Hall–Kier alpha value is -3.32. The zero-order chi connectivity index (χ0) is 23.4. The highest BCUT2D eigenvalue weighted by molar-refractivity contribution is 7.57. The highest BCUT2D eigenvalue weighted by Gasteiger charge is 2.17. The molecule has 9 heteroatoms. The number of nitrogens with zero attached hydrogens (tertiary/aromatic N) is 4. The fraction of sp³-hybridized carbons (Fsp3) is 0.208. The molecule has 2 heterocycles. The van der Waals surface area contributed by atoms with Crippen LogP contribution in [0, 0.1) is 0 Å². The van der Waals surface area contributed by atoms with Crippen LogP contribution in [-0.2, 0) is 21.8 Å². The van der Waals surface area contributed by atoms with Crippen LogP contribution in [0.1, 0.15) is 18.1 Å².